The Hall–Kier alpha value is -5.68. The molecule has 8 aromatic rings. The van der Waals surface area contributed by atoms with Crippen LogP contribution in [0.25, 0.3) is 32.9 Å². The molecular formula is C63H69BN2O2. The first-order valence-electron chi connectivity index (χ1n) is 25.5. The van der Waals surface area contributed by atoms with Crippen LogP contribution in [0, 0.1) is 6.92 Å². The van der Waals surface area contributed by atoms with Crippen LogP contribution in [0.4, 0.5) is 34.1 Å². The summed E-state index contributed by atoms with van der Waals surface area (Å²) in [6.45, 7) is 35.6. The molecule has 4 heterocycles. The highest BCUT2D eigenvalue weighted by Crippen LogP contribution is 2.54. The van der Waals surface area contributed by atoms with Crippen LogP contribution < -0.4 is 26.4 Å². The molecule has 4 nitrogen and oxygen atoms in total. The highest BCUT2D eigenvalue weighted by molar-refractivity contribution is 7.00. The van der Waals surface area contributed by atoms with Gasteiger partial charge in [0.1, 0.15) is 16.7 Å². The second-order valence-electron chi connectivity index (χ2n) is 26.0. The van der Waals surface area contributed by atoms with E-state index < -0.39 is 0 Å². The number of fused-ring (bicyclic) bond motifs is 11. The van der Waals surface area contributed by atoms with Crippen LogP contribution >= 0.6 is 0 Å². The van der Waals surface area contributed by atoms with Gasteiger partial charge in [0.25, 0.3) is 6.71 Å². The van der Waals surface area contributed by atoms with Crippen molar-refractivity contribution in [2.24, 2.45) is 0 Å². The van der Waals surface area contributed by atoms with Gasteiger partial charge in [-0.15, -0.1) is 0 Å². The summed E-state index contributed by atoms with van der Waals surface area (Å²) in [6, 6.07) is 37.9. The van der Waals surface area contributed by atoms with E-state index in [0.29, 0.717) is 0 Å². The Balaban J connectivity index is 1.23. The summed E-state index contributed by atoms with van der Waals surface area (Å²) in [5.74, 6) is 0. The molecule has 6 aromatic carbocycles. The Bertz CT molecular complexity index is 3470. The number of anilines is 6. The van der Waals surface area contributed by atoms with Gasteiger partial charge in [-0.2, -0.15) is 0 Å². The van der Waals surface area contributed by atoms with Crippen LogP contribution in [0.1, 0.15) is 162 Å². The van der Waals surface area contributed by atoms with Crippen LogP contribution in [-0.2, 0) is 32.5 Å². The Labute approximate surface area is 405 Å². The zero-order valence-corrected chi connectivity index (χ0v) is 43.4. The van der Waals surface area contributed by atoms with Gasteiger partial charge in [-0.05, 0) is 164 Å². The molecule has 0 bridgehead atoms. The second kappa shape index (κ2) is 13.8. The number of hydrogen-bond acceptors (Lipinski definition) is 4. The number of aryl methyl sites for hydroxylation is 1. The van der Waals surface area contributed by atoms with Gasteiger partial charge in [-0.1, -0.05) is 139 Å². The van der Waals surface area contributed by atoms with Gasteiger partial charge >= 0.3 is 0 Å². The summed E-state index contributed by atoms with van der Waals surface area (Å²) < 4.78 is 14.5. The van der Waals surface area contributed by atoms with E-state index in [2.05, 4.69) is 211 Å². The molecule has 68 heavy (non-hydrogen) atoms. The molecule has 12 rings (SSSR count). The highest BCUT2D eigenvalue weighted by Gasteiger charge is 2.50. The fraction of sp³-hybridized carbons (Fsp3) is 0.397. The third-order valence-electron chi connectivity index (χ3n) is 17.3. The summed E-state index contributed by atoms with van der Waals surface area (Å²) in [5, 5.41) is 3.41. The van der Waals surface area contributed by atoms with Crippen LogP contribution in [0.2, 0.25) is 0 Å². The van der Waals surface area contributed by atoms with E-state index >= 15 is 0 Å². The van der Waals surface area contributed by atoms with E-state index in [9.17, 15) is 0 Å². The van der Waals surface area contributed by atoms with Gasteiger partial charge in [-0.3, -0.25) is 0 Å². The third kappa shape index (κ3) is 6.12. The lowest BCUT2D eigenvalue weighted by Gasteiger charge is -2.47. The molecule has 0 unspecified atom stereocenters. The molecule has 0 radical (unpaired) electrons. The van der Waals surface area contributed by atoms with Crippen LogP contribution in [0.5, 0.6) is 0 Å². The maximum Gasteiger partial charge on any atom is 0.297 e. The summed E-state index contributed by atoms with van der Waals surface area (Å²) in [5.41, 5.74) is 23.2. The summed E-state index contributed by atoms with van der Waals surface area (Å²) in [6.07, 6.45) is 4.65. The Morgan fingerprint density at radius 1 is 0.515 bits per heavy atom. The van der Waals surface area contributed by atoms with E-state index in [1.165, 1.54) is 79.0 Å². The first-order valence-corrected chi connectivity index (χ1v) is 25.5. The Kier molecular flexibility index (Phi) is 8.83. The van der Waals surface area contributed by atoms with E-state index in [0.717, 1.165) is 69.2 Å². The molecule has 0 N–H and O–H groups in total. The zero-order valence-electron chi connectivity index (χ0n) is 43.4. The molecule has 0 spiro atoms. The molecule has 0 amide bonds. The summed E-state index contributed by atoms with van der Waals surface area (Å²) in [4.78, 5) is 5.23. The second-order valence-corrected chi connectivity index (χ2v) is 26.0. The predicted octanol–water partition coefficient (Wildman–Crippen LogP) is 16.0. The minimum absolute atomic E-state index is 0.0193. The Morgan fingerprint density at radius 3 is 1.79 bits per heavy atom. The molecule has 2 aliphatic carbocycles. The average Bonchev–Trinajstić information content (AvgIpc) is 3.84. The third-order valence-corrected chi connectivity index (χ3v) is 17.3. The smallest absolute Gasteiger partial charge is 0.297 e. The van der Waals surface area contributed by atoms with Crippen molar-refractivity contribution in [1.29, 1.82) is 0 Å². The summed E-state index contributed by atoms with van der Waals surface area (Å²) in [7, 11) is 0. The van der Waals surface area contributed by atoms with Gasteiger partial charge < -0.3 is 18.6 Å². The lowest BCUT2D eigenvalue weighted by Crippen LogP contribution is -2.61. The van der Waals surface area contributed by atoms with Gasteiger partial charge in [0, 0.05) is 39.1 Å². The molecule has 2 aliphatic heterocycles. The standard InChI is InChI=1S/C63H69BN2O2/c1-36-30-49-54-50(31-36)66(47-20-17-21-52-53(47)39-18-16-19-42(56(39)67-52)59(5,6)7)55-40-32-37(58(2,3)4)22-25-51(40)68-57(55)64(54)46-34-44-45(63(14,15)29-28-62(44,12)13)35-48(46)65(49)38-23-24-41-43(33-38)61(10,11)27-26-60(41,8)9/h16-25,30-35H,26-29H2,1-15H3. The fourth-order valence-electron chi connectivity index (χ4n) is 13.0. The Morgan fingerprint density at radius 2 is 1.13 bits per heavy atom. The minimum atomic E-state index is -0.143. The van der Waals surface area contributed by atoms with Gasteiger partial charge in [0.2, 0.25) is 0 Å². The quantitative estimate of drug-likeness (QED) is 0.162. The lowest BCUT2D eigenvalue weighted by molar-refractivity contribution is 0.332. The van der Waals surface area contributed by atoms with Crippen molar-refractivity contribution in [3.05, 3.63) is 136 Å². The molecule has 0 atom stereocenters. The first kappa shape index (κ1) is 43.6. The number of para-hydroxylation sites is 1. The molecule has 0 fully saturated rings. The van der Waals surface area contributed by atoms with Crippen molar-refractivity contribution in [3.63, 3.8) is 0 Å². The predicted molar refractivity (Wildman–Crippen MR) is 290 cm³/mol. The van der Waals surface area contributed by atoms with Crippen molar-refractivity contribution in [3.8, 4) is 0 Å². The topological polar surface area (TPSA) is 32.8 Å². The largest absolute Gasteiger partial charge is 0.468 e. The van der Waals surface area contributed by atoms with Crippen LogP contribution in [-0.4, -0.2) is 6.71 Å². The number of nitrogens with zero attached hydrogens (tertiary/aromatic N) is 2. The van der Waals surface area contributed by atoms with Crippen molar-refractivity contribution >= 4 is 90.3 Å². The van der Waals surface area contributed by atoms with Crippen LogP contribution in [0.3, 0.4) is 0 Å². The minimum Gasteiger partial charge on any atom is -0.468 e. The lowest BCUT2D eigenvalue weighted by atomic mass is 9.35. The van der Waals surface area contributed by atoms with Crippen LogP contribution in [0.15, 0.2) is 106 Å². The van der Waals surface area contributed by atoms with E-state index in [-0.39, 0.29) is 39.2 Å². The first-order chi connectivity index (χ1) is 31.9. The van der Waals surface area contributed by atoms with Crippen molar-refractivity contribution in [2.45, 2.75) is 162 Å². The zero-order chi connectivity index (χ0) is 48.0. The molecule has 0 saturated heterocycles. The number of rotatable bonds is 2. The van der Waals surface area contributed by atoms with Crippen molar-refractivity contribution < 1.29 is 8.83 Å². The van der Waals surface area contributed by atoms with E-state index in [1.807, 2.05) is 0 Å². The molecule has 346 valence electrons. The number of hydrogen-bond donors (Lipinski definition) is 0. The molecular weight excluding hydrogens is 828 g/mol. The highest BCUT2D eigenvalue weighted by atomic mass is 16.3. The number of furan rings is 2. The summed E-state index contributed by atoms with van der Waals surface area (Å²) >= 11 is 0. The maximum absolute atomic E-state index is 7.51. The van der Waals surface area contributed by atoms with Gasteiger partial charge in [0.15, 0.2) is 0 Å². The average molecular weight is 897 g/mol. The van der Waals surface area contributed by atoms with Crippen molar-refractivity contribution in [1.82, 2.24) is 0 Å². The molecule has 4 aliphatic rings. The van der Waals surface area contributed by atoms with Crippen molar-refractivity contribution in [2.75, 3.05) is 9.80 Å². The number of benzene rings is 6. The maximum atomic E-state index is 7.51. The van der Waals surface area contributed by atoms with Gasteiger partial charge in [0.05, 0.1) is 22.4 Å². The SMILES string of the molecule is Cc1cc2c3c(c1)N(c1cccc4oc5c(C(C)(C)C)cccc5c14)c1c(oc4ccc(C(C)(C)C)cc14)B3c1cc3c(cc1N2c1ccc2c(c1)C(C)(C)CCC2(C)C)C(C)(C)CCC3(C)C. The monoisotopic (exact) mass is 897 g/mol. The van der Waals surface area contributed by atoms with Gasteiger partial charge in [-0.25, -0.2) is 0 Å². The molecule has 0 saturated carbocycles. The normalized spacial score (nSPS) is 18.7. The van der Waals surface area contributed by atoms with E-state index in [4.69, 9.17) is 8.83 Å². The van der Waals surface area contributed by atoms with E-state index in [1.54, 1.807) is 0 Å². The molecule has 2 aromatic heterocycles. The fourth-order valence-corrected chi connectivity index (χ4v) is 13.0. The molecule has 5 heteroatoms.